The summed E-state index contributed by atoms with van der Waals surface area (Å²) in [5.41, 5.74) is 0.759. The SMILES string of the molecule is O=C(COc1ccc(/C=N\O)cc1)N1CCOCC1. The Balaban J connectivity index is 1.82. The number of oxime groups is 1. The lowest BCUT2D eigenvalue weighted by Crippen LogP contribution is -2.42. The van der Waals surface area contributed by atoms with E-state index in [2.05, 4.69) is 5.16 Å². The molecule has 2 rings (SSSR count). The van der Waals surface area contributed by atoms with E-state index in [-0.39, 0.29) is 12.5 Å². The van der Waals surface area contributed by atoms with E-state index in [1.54, 1.807) is 29.2 Å². The summed E-state index contributed by atoms with van der Waals surface area (Å²) < 4.78 is 10.6. The zero-order chi connectivity index (χ0) is 13.5. The smallest absolute Gasteiger partial charge is 0.260 e. The second kappa shape index (κ2) is 6.75. The summed E-state index contributed by atoms with van der Waals surface area (Å²) in [6, 6.07) is 6.94. The highest BCUT2D eigenvalue weighted by atomic mass is 16.5. The molecule has 0 atom stereocenters. The van der Waals surface area contributed by atoms with Gasteiger partial charge in [-0.25, -0.2) is 0 Å². The summed E-state index contributed by atoms with van der Waals surface area (Å²) in [5.74, 6) is 0.570. The van der Waals surface area contributed by atoms with Crippen LogP contribution in [0.1, 0.15) is 5.56 Å². The van der Waals surface area contributed by atoms with Crippen LogP contribution in [0.2, 0.25) is 0 Å². The van der Waals surface area contributed by atoms with Gasteiger partial charge in [0.05, 0.1) is 19.4 Å². The number of ether oxygens (including phenoxy) is 2. The summed E-state index contributed by atoms with van der Waals surface area (Å²) in [6.45, 7) is 2.43. The minimum absolute atomic E-state index is 0.0213. The zero-order valence-corrected chi connectivity index (χ0v) is 10.5. The van der Waals surface area contributed by atoms with Crippen LogP contribution in [-0.2, 0) is 9.53 Å². The fourth-order valence-electron chi connectivity index (χ4n) is 1.77. The van der Waals surface area contributed by atoms with Gasteiger partial charge in [0.15, 0.2) is 6.61 Å². The standard InChI is InChI=1S/C13H16N2O4/c16-13(15-5-7-18-8-6-15)10-19-12-3-1-11(2-4-12)9-14-17/h1-4,9,17H,5-8,10H2/b14-9-. The number of carbonyl (C=O) groups excluding carboxylic acids is 1. The van der Waals surface area contributed by atoms with Crippen LogP contribution in [0, 0.1) is 0 Å². The third-order valence-corrected chi connectivity index (χ3v) is 2.81. The first kappa shape index (κ1) is 13.4. The second-order valence-electron chi connectivity index (χ2n) is 4.10. The van der Waals surface area contributed by atoms with E-state index in [9.17, 15) is 4.79 Å². The van der Waals surface area contributed by atoms with Gasteiger partial charge in [-0.15, -0.1) is 0 Å². The average molecular weight is 264 g/mol. The van der Waals surface area contributed by atoms with Gasteiger partial charge in [-0.2, -0.15) is 0 Å². The Kier molecular flexibility index (Phi) is 4.74. The van der Waals surface area contributed by atoms with E-state index < -0.39 is 0 Å². The number of hydrogen-bond acceptors (Lipinski definition) is 5. The molecule has 102 valence electrons. The predicted molar refractivity (Wildman–Crippen MR) is 68.7 cm³/mol. The molecule has 1 N–H and O–H groups in total. The van der Waals surface area contributed by atoms with Crippen LogP contribution < -0.4 is 4.74 Å². The quantitative estimate of drug-likeness (QED) is 0.494. The molecule has 0 saturated carbocycles. The van der Waals surface area contributed by atoms with Crippen molar-refractivity contribution in [3.8, 4) is 5.75 Å². The topological polar surface area (TPSA) is 71.4 Å². The van der Waals surface area contributed by atoms with Crippen molar-refractivity contribution in [2.45, 2.75) is 0 Å². The van der Waals surface area contributed by atoms with Crippen LogP contribution in [0.15, 0.2) is 29.4 Å². The van der Waals surface area contributed by atoms with Gasteiger partial charge in [-0.3, -0.25) is 4.79 Å². The summed E-state index contributed by atoms with van der Waals surface area (Å²) in [7, 11) is 0. The van der Waals surface area contributed by atoms with E-state index in [0.717, 1.165) is 5.56 Å². The van der Waals surface area contributed by atoms with E-state index in [1.807, 2.05) is 0 Å². The van der Waals surface area contributed by atoms with Gasteiger partial charge in [0.25, 0.3) is 5.91 Å². The molecule has 1 heterocycles. The number of rotatable bonds is 4. The highest BCUT2D eigenvalue weighted by Gasteiger charge is 2.16. The number of amides is 1. The van der Waals surface area contributed by atoms with Gasteiger partial charge in [-0.05, 0) is 29.8 Å². The number of benzene rings is 1. The largest absolute Gasteiger partial charge is 0.484 e. The van der Waals surface area contributed by atoms with Crippen molar-refractivity contribution in [2.75, 3.05) is 32.9 Å². The third kappa shape index (κ3) is 3.96. The molecule has 0 aromatic heterocycles. The molecule has 1 saturated heterocycles. The zero-order valence-electron chi connectivity index (χ0n) is 10.5. The van der Waals surface area contributed by atoms with Crippen molar-refractivity contribution < 1.29 is 19.5 Å². The van der Waals surface area contributed by atoms with Crippen LogP contribution in [0.3, 0.4) is 0 Å². The normalized spacial score (nSPS) is 15.7. The number of morpholine rings is 1. The first-order chi connectivity index (χ1) is 9.29. The predicted octanol–water partition coefficient (Wildman–Crippen LogP) is 0.732. The van der Waals surface area contributed by atoms with Crippen LogP contribution >= 0.6 is 0 Å². The van der Waals surface area contributed by atoms with Gasteiger partial charge >= 0.3 is 0 Å². The fourth-order valence-corrected chi connectivity index (χ4v) is 1.77. The maximum absolute atomic E-state index is 11.8. The Morgan fingerprint density at radius 3 is 2.68 bits per heavy atom. The lowest BCUT2D eigenvalue weighted by molar-refractivity contribution is -0.137. The van der Waals surface area contributed by atoms with E-state index >= 15 is 0 Å². The minimum Gasteiger partial charge on any atom is -0.484 e. The number of carbonyl (C=O) groups is 1. The van der Waals surface area contributed by atoms with Crippen LogP contribution in [-0.4, -0.2) is 55.1 Å². The molecule has 1 amide bonds. The molecule has 6 nitrogen and oxygen atoms in total. The molecule has 1 aliphatic heterocycles. The Bertz CT molecular complexity index is 438. The Morgan fingerprint density at radius 1 is 1.37 bits per heavy atom. The third-order valence-electron chi connectivity index (χ3n) is 2.81. The van der Waals surface area contributed by atoms with Gasteiger partial charge < -0.3 is 19.6 Å². The van der Waals surface area contributed by atoms with Gasteiger partial charge in [-0.1, -0.05) is 5.16 Å². The van der Waals surface area contributed by atoms with E-state index in [0.29, 0.717) is 32.1 Å². The minimum atomic E-state index is -0.0377. The molecular weight excluding hydrogens is 248 g/mol. The lowest BCUT2D eigenvalue weighted by atomic mass is 10.2. The summed E-state index contributed by atoms with van der Waals surface area (Å²) in [4.78, 5) is 13.6. The van der Waals surface area contributed by atoms with Crippen LogP contribution in [0.5, 0.6) is 5.75 Å². The molecule has 1 aliphatic rings. The molecule has 1 aromatic rings. The first-order valence-corrected chi connectivity index (χ1v) is 6.05. The summed E-state index contributed by atoms with van der Waals surface area (Å²) in [5, 5.41) is 11.3. The van der Waals surface area contributed by atoms with Crippen LogP contribution in [0.25, 0.3) is 0 Å². The van der Waals surface area contributed by atoms with Crippen molar-refractivity contribution >= 4 is 12.1 Å². The summed E-state index contributed by atoms with van der Waals surface area (Å²) in [6.07, 6.45) is 1.32. The Hall–Kier alpha value is -2.08. The molecule has 19 heavy (non-hydrogen) atoms. The van der Waals surface area contributed by atoms with Crippen molar-refractivity contribution in [1.82, 2.24) is 4.90 Å². The van der Waals surface area contributed by atoms with E-state index in [1.165, 1.54) is 6.21 Å². The Morgan fingerprint density at radius 2 is 2.05 bits per heavy atom. The average Bonchev–Trinajstić information content (AvgIpc) is 2.47. The van der Waals surface area contributed by atoms with Crippen LogP contribution in [0.4, 0.5) is 0 Å². The molecule has 0 aliphatic carbocycles. The highest BCUT2D eigenvalue weighted by Crippen LogP contribution is 2.11. The van der Waals surface area contributed by atoms with Crippen molar-refractivity contribution in [3.05, 3.63) is 29.8 Å². The van der Waals surface area contributed by atoms with Crippen molar-refractivity contribution in [2.24, 2.45) is 5.16 Å². The molecule has 0 bridgehead atoms. The fraction of sp³-hybridized carbons (Fsp3) is 0.385. The van der Waals surface area contributed by atoms with Gasteiger partial charge in [0.1, 0.15) is 5.75 Å². The monoisotopic (exact) mass is 264 g/mol. The van der Waals surface area contributed by atoms with Crippen molar-refractivity contribution in [3.63, 3.8) is 0 Å². The van der Waals surface area contributed by atoms with Gasteiger partial charge in [0, 0.05) is 13.1 Å². The maximum Gasteiger partial charge on any atom is 0.260 e. The molecule has 1 fully saturated rings. The summed E-state index contributed by atoms with van der Waals surface area (Å²) >= 11 is 0. The Labute approximate surface area is 111 Å². The lowest BCUT2D eigenvalue weighted by Gasteiger charge is -2.26. The molecular formula is C13H16N2O4. The maximum atomic E-state index is 11.8. The first-order valence-electron chi connectivity index (χ1n) is 6.05. The number of nitrogens with zero attached hydrogens (tertiary/aromatic N) is 2. The highest BCUT2D eigenvalue weighted by molar-refractivity contribution is 5.79. The molecule has 0 radical (unpaired) electrons. The second-order valence-corrected chi connectivity index (χ2v) is 4.10. The molecule has 1 aromatic carbocycles. The molecule has 0 spiro atoms. The van der Waals surface area contributed by atoms with Gasteiger partial charge in [0.2, 0.25) is 0 Å². The molecule has 0 unspecified atom stereocenters. The van der Waals surface area contributed by atoms with E-state index in [4.69, 9.17) is 14.7 Å². The van der Waals surface area contributed by atoms with Crippen molar-refractivity contribution in [1.29, 1.82) is 0 Å². The number of hydrogen-bond donors (Lipinski definition) is 1. The molecule has 6 heteroatoms.